The first-order valence-corrected chi connectivity index (χ1v) is 11.2. The first-order valence-electron chi connectivity index (χ1n) is 11.2. The fourth-order valence-electron chi connectivity index (χ4n) is 4.00. The summed E-state index contributed by atoms with van der Waals surface area (Å²) < 4.78 is 54.8. The Hall–Kier alpha value is -3.50. The van der Waals surface area contributed by atoms with E-state index in [4.69, 9.17) is 9.47 Å². The first kappa shape index (κ1) is 24.6. The highest BCUT2D eigenvalue weighted by molar-refractivity contribution is 5.72. The smallest absolute Gasteiger partial charge is 0.419 e. The largest absolute Gasteiger partial charge is 0.493 e. The van der Waals surface area contributed by atoms with Crippen LogP contribution in [0.25, 0.3) is 16.8 Å². The lowest BCUT2D eigenvalue weighted by atomic mass is 10.1. The molecule has 1 aliphatic heterocycles. The number of nitrogens with zero attached hydrogens (tertiary/aromatic N) is 5. The Kier molecular flexibility index (Phi) is 6.29. The van der Waals surface area contributed by atoms with E-state index in [1.54, 1.807) is 48.5 Å². The average Bonchev–Trinajstić information content (AvgIpc) is 3.16. The Morgan fingerprint density at radius 1 is 1.03 bits per heavy atom. The molecule has 188 valence electrons. The van der Waals surface area contributed by atoms with Gasteiger partial charge in [0, 0.05) is 55.9 Å². The highest BCUT2D eigenvalue weighted by atomic mass is 19.4. The molecule has 4 rings (SSSR count). The van der Waals surface area contributed by atoms with Crippen molar-refractivity contribution in [3.05, 3.63) is 42.0 Å². The van der Waals surface area contributed by atoms with Gasteiger partial charge in [0.2, 0.25) is 0 Å². The molecule has 1 amide bonds. The number of halogens is 3. The Morgan fingerprint density at radius 2 is 1.71 bits per heavy atom. The van der Waals surface area contributed by atoms with Crippen LogP contribution in [0.5, 0.6) is 5.75 Å². The molecule has 8 nitrogen and oxygen atoms in total. The maximum atomic E-state index is 14.1. The second-order valence-corrected chi connectivity index (χ2v) is 9.46. The van der Waals surface area contributed by atoms with Crippen molar-refractivity contribution in [1.29, 1.82) is 0 Å². The zero-order chi connectivity index (χ0) is 25.5. The number of amides is 1. The van der Waals surface area contributed by atoms with Crippen molar-refractivity contribution < 1.29 is 27.4 Å². The van der Waals surface area contributed by atoms with Crippen molar-refractivity contribution in [1.82, 2.24) is 19.3 Å². The van der Waals surface area contributed by atoms with Crippen LogP contribution in [0.1, 0.15) is 32.0 Å². The van der Waals surface area contributed by atoms with Crippen molar-refractivity contribution in [3.8, 4) is 16.9 Å². The number of pyridine rings is 2. The van der Waals surface area contributed by atoms with Crippen LogP contribution in [0.15, 0.2) is 30.7 Å². The third kappa shape index (κ3) is 5.28. The Labute approximate surface area is 201 Å². The minimum absolute atomic E-state index is 0.156. The number of carbonyl (C=O) groups is 1. The summed E-state index contributed by atoms with van der Waals surface area (Å²) in [5.74, 6) is 0.295. The van der Waals surface area contributed by atoms with Crippen LogP contribution in [0.2, 0.25) is 0 Å². The van der Waals surface area contributed by atoms with Gasteiger partial charge in [0.15, 0.2) is 11.4 Å². The maximum Gasteiger partial charge on any atom is 0.419 e. The molecule has 0 N–H and O–H groups in total. The molecular formula is C24H28F3N5O3. The highest BCUT2D eigenvalue weighted by Crippen LogP contribution is 2.39. The number of carbonyl (C=O) groups excluding carboxylic acids is 1. The SMILES string of the molecule is COc1cc(-c2cnc(N3CCN(C(=O)OC(C)(C)C)CC3)c(C(F)(F)F)c2)cn2cc(C)nc12. The fourth-order valence-corrected chi connectivity index (χ4v) is 4.00. The molecule has 3 aromatic heterocycles. The number of ether oxygens (including phenoxy) is 2. The van der Waals surface area contributed by atoms with Crippen LogP contribution >= 0.6 is 0 Å². The summed E-state index contributed by atoms with van der Waals surface area (Å²) >= 11 is 0. The van der Waals surface area contributed by atoms with E-state index >= 15 is 0 Å². The van der Waals surface area contributed by atoms with Gasteiger partial charge in [-0.05, 0) is 39.8 Å². The van der Waals surface area contributed by atoms with Gasteiger partial charge in [-0.3, -0.25) is 0 Å². The third-order valence-corrected chi connectivity index (χ3v) is 5.59. The van der Waals surface area contributed by atoms with Crippen molar-refractivity contribution >= 4 is 17.6 Å². The minimum Gasteiger partial charge on any atom is -0.493 e. The predicted octanol–water partition coefficient (Wildman–Crippen LogP) is 4.79. The quantitative estimate of drug-likeness (QED) is 0.525. The third-order valence-electron chi connectivity index (χ3n) is 5.59. The Balaban J connectivity index is 1.63. The number of aromatic nitrogens is 3. The summed E-state index contributed by atoms with van der Waals surface area (Å²) in [5.41, 5.74) is 0.691. The van der Waals surface area contributed by atoms with Crippen LogP contribution in [-0.2, 0) is 10.9 Å². The predicted molar refractivity (Wildman–Crippen MR) is 125 cm³/mol. The first-order chi connectivity index (χ1) is 16.4. The maximum absolute atomic E-state index is 14.1. The molecule has 0 unspecified atom stereocenters. The van der Waals surface area contributed by atoms with Crippen molar-refractivity contribution in [2.75, 3.05) is 38.2 Å². The van der Waals surface area contributed by atoms with Gasteiger partial charge in [0.1, 0.15) is 11.4 Å². The van der Waals surface area contributed by atoms with Crippen LogP contribution in [0, 0.1) is 6.92 Å². The number of rotatable bonds is 3. The number of aryl methyl sites for hydroxylation is 1. The van der Waals surface area contributed by atoms with Crippen molar-refractivity contribution in [2.24, 2.45) is 0 Å². The second-order valence-electron chi connectivity index (χ2n) is 9.46. The van der Waals surface area contributed by atoms with Gasteiger partial charge in [0.05, 0.1) is 18.4 Å². The molecule has 11 heteroatoms. The summed E-state index contributed by atoms with van der Waals surface area (Å²) in [5, 5.41) is 0. The lowest BCUT2D eigenvalue weighted by Crippen LogP contribution is -2.50. The van der Waals surface area contributed by atoms with Gasteiger partial charge in [-0.2, -0.15) is 13.2 Å². The topological polar surface area (TPSA) is 72.2 Å². The van der Waals surface area contributed by atoms with E-state index in [1.165, 1.54) is 18.2 Å². The summed E-state index contributed by atoms with van der Waals surface area (Å²) in [4.78, 5) is 24.0. The van der Waals surface area contributed by atoms with E-state index in [0.717, 1.165) is 11.8 Å². The van der Waals surface area contributed by atoms with Crippen LogP contribution in [0.4, 0.5) is 23.8 Å². The molecule has 1 fully saturated rings. The van der Waals surface area contributed by atoms with Crippen LogP contribution in [-0.4, -0.2) is 64.3 Å². The number of imidazole rings is 1. The lowest BCUT2D eigenvalue weighted by molar-refractivity contribution is -0.137. The second kappa shape index (κ2) is 8.94. The zero-order valence-electron chi connectivity index (χ0n) is 20.3. The summed E-state index contributed by atoms with van der Waals surface area (Å²) in [6, 6.07) is 2.76. The molecule has 0 bridgehead atoms. The minimum atomic E-state index is -4.61. The molecule has 3 aromatic rings. The number of piperazine rings is 1. The van der Waals surface area contributed by atoms with E-state index in [-0.39, 0.29) is 32.0 Å². The molecule has 1 aliphatic rings. The van der Waals surface area contributed by atoms with Gasteiger partial charge < -0.3 is 23.7 Å². The molecule has 0 atom stereocenters. The molecule has 0 saturated carbocycles. The number of anilines is 1. The summed E-state index contributed by atoms with van der Waals surface area (Å²) in [6.45, 7) is 8.03. The molecule has 0 radical (unpaired) electrons. The lowest BCUT2D eigenvalue weighted by Gasteiger charge is -2.37. The number of hydrogen-bond donors (Lipinski definition) is 0. The number of hydrogen-bond acceptors (Lipinski definition) is 6. The molecule has 4 heterocycles. The number of fused-ring (bicyclic) bond motifs is 1. The van der Waals surface area contributed by atoms with Crippen molar-refractivity contribution in [3.63, 3.8) is 0 Å². The highest BCUT2D eigenvalue weighted by Gasteiger charge is 2.37. The molecule has 0 aliphatic carbocycles. The zero-order valence-corrected chi connectivity index (χ0v) is 20.3. The average molecular weight is 492 g/mol. The van der Waals surface area contributed by atoms with E-state index in [1.807, 2.05) is 6.92 Å². The summed E-state index contributed by atoms with van der Waals surface area (Å²) in [7, 11) is 1.49. The van der Waals surface area contributed by atoms with Crippen LogP contribution in [0.3, 0.4) is 0 Å². The van der Waals surface area contributed by atoms with Gasteiger partial charge in [-0.25, -0.2) is 14.8 Å². The Bertz CT molecular complexity index is 1240. The normalized spacial score (nSPS) is 15.0. The van der Waals surface area contributed by atoms with E-state index < -0.39 is 23.4 Å². The molecule has 35 heavy (non-hydrogen) atoms. The van der Waals surface area contributed by atoms with Gasteiger partial charge >= 0.3 is 12.3 Å². The van der Waals surface area contributed by atoms with Gasteiger partial charge in [-0.1, -0.05) is 0 Å². The summed E-state index contributed by atoms with van der Waals surface area (Å²) in [6.07, 6.45) is -0.183. The number of methoxy groups -OCH3 is 1. The number of alkyl halides is 3. The standard InChI is InChI=1S/C24H28F3N5O3/c1-15-13-32-14-17(11-19(34-5)21(32)29-15)16-10-18(24(25,26)27)20(28-12-16)30-6-8-31(9-7-30)22(33)35-23(2,3)4/h10-14H,6-9H2,1-5H3. The molecular weight excluding hydrogens is 463 g/mol. The van der Waals surface area contributed by atoms with Crippen LogP contribution < -0.4 is 9.64 Å². The van der Waals surface area contributed by atoms with Gasteiger partial charge in [-0.15, -0.1) is 0 Å². The monoisotopic (exact) mass is 491 g/mol. The Morgan fingerprint density at radius 3 is 2.31 bits per heavy atom. The molecule has 0 spiro atoms. The van der Waals surface area contributed by atoms with E-state index in [0.29, 0.717) is 22.5 Å². The molecule has 0 aromatic carbocycles. The van der Waals surface area contributed by atoms with E-state index in [2.05, 4.69) is 9.97 Å². The fraction of sp³-hybridized carbons (Fsp3) is 0.458. The van der Waals surface area contributed by atoms with E-state index in [9.17, 15) is 18.0 Å². The van der Waals surface area contributed by atoms with Gasteiger partial charge in [0.25, 0.3) is 0 Å². The van der Waals surface area contributed by atoms with Crippen molar-refractivity contribution in [2.45, 2.75) is 39.5 Å². The molecule has 1 saturated heterocycles.